The Bertz CT molecular complexity index is 3450. The zero-order valence-electron chi connectivity index (χ0n) is 31.5. The molecular formula is C54H35NS3. The Balaban J connectivity index is 0.930. The van der Waals surface area contributed by atoms with Crippen LogP contribution in [0.1, 0.15) is 18.4 Å². The first-order valence-corrected chi connectivity index (χ1v) is 22.3. The highest BCUT2D eigenvalue weighted by Crippen LogP contribution is 2.43. The molecule has 0 saturated heterocycles. The van der Waals surface area contributed by atoms with Crippen LogP contribution in [0, 0.1) is 0 Å². The molecular weight excluding hydrogens is 759 g/mol. The number of benzene rings is 8. The van der Waals surface area contributed by atoms with E-state index in [-0.39, 0.29) is 0 Å². The van der Waals surface area contributed by atoms with Gasteiger partial charge in [0, 0.05) is 77.6 Å². The van der Waals surface area contributed by atoms with Gasteiger partial charge in [-0.1, -0.05) is 115 Å². The molecule has 12 rings (SSSR count). The lowest BCUT2D eigenvalue weighted by Gasteiger charge is -2.30. The zero-order valence-corrected chi connectivity index (χ0v) is 33.9. The summed E-state index contributed by atoms with van der Waals surface area (Å²) < 4.78 is 8.05. The van der Waals surface area contributed by atoms with Crippen LogP contribution >= 0.6 is 34.0 Å². The van der Waals surface area contributed by atoms with E-state index in [1.54, 1.807) is 0 Å². The summed E-state index contributed by atoms with van der Waals surface area (Å²) in [6.07, 6.45) is 6.63. The number of thiophene rings is 3. The molecule has 0 amide bonds. The van der Waals surface area contributed by atoms with Gasteiger partial charge in [-0.05, 0) is 119 Å². The number of nitrogens with zero attached hydrogens (tertiary/aromatic N) is 1. The maximum absolute atomic E-state index is 2.46. The largest absolute Gasteiger partial charge is 0.314 e. The number of rotatable bonds is 6. The maximum Gasteiger partial charge on any atom is 0.0458 e. The average molecular weight is 794 g/mol. The van der Waals surface area contributed by atoms with E-state index in [0.29, 0.717) is 0 Å². The first-order chi connectivity index (χ1) is 28.7. The molecule has 0 spiro atoms. The third-order valence-electron chi connectivity index (χ3n) is 11.8. The number of hydrogen-bond donors (Lipinski definition) is 0. The molecule has 8 aromatic carbocycles. The molecule has 0 aliphatic heterocycles. The predicted molar refractivity (Wildman–Crippen MR) is 256 cm³/mol. The van der Waals surface area contributed by atoms with Crippen LogP contribution in [0.15, 0.2) is 194 Å². The Morgan fingerprint density at radius 2 is 0.845 bits per heavy atom. The number of anilines is 2. The summed E-state index contributed by atoms with van der Waals surface area (Å²) >= 11 is 5.64. The summed E-state index contributed by atoms with van der Waals surface area (Å²) in [5.74, 6) is 0. The first-order valence-electron chi connectivity index (χ1n) is 19.9. The fourth-order valence-electron chi connectivity index (χ4n) is 8.93. The minimum absolute atomic E-state index is 0.945. The van der Waals surface area contributed by atoms with Gasteiger partial charge in [0.25, 0.3) is 0 Å². The highest BCUT2D eigenvalue weighted by molar-refractivity contribution is 7.26. The molecule has 0 bridgehead atoms. The van der Waals surface area contributed by atoms with Gasteiger partial charge in [-0.2, -0.15) is 0 Å². The van der Waals surface area contributed by atoms with Gasteiger partial charge in [0.2, 0.25) is 0 Å². The molecule has 0 atom stereocenters. The fraction of sp³-hybridized carbons (Fsp3) is 0.0370. The van der Waals surface area contributed by atoms with Gasteiger partial charge < -0.3 is 4.90 Å². The molecule has 274 valence electrons. The molecule has 1 nitrogen and oxygen atoms in total. The highest BCUT2D eigenvalue weighted by Gasteiger charge is 2.20. The minimum atomic E-state index is 0.945. The highest BCUT2D eigenvalue weighted by atomic mass is 32.1. The van der Waals surface area contributed by atoms with Crippen molar-refractivity contribution < 1.29 is 0 Å². The van der Waals surface area contributed by atoms with Gasteiger partial charge in [-0.15, -0.1) is 34.0 Å². The topological polar surface area (TPSA) is 3.24 Å². The first kappa shape index (κ1) is 33.8. The van der Waals surface area contributed by atoms with E-state index in [2.05, 4.69) is 193 Å². The van der Waals surface area contributed by atoms with E-state index in [9.17, 15) is 0 Å². The Morgan fingerprint density at radius 1 is 0.345 bits per heavy atom. The standard InChI is InChI=1S/C54H35NS3/c1-6-15-51-43(8-1)46-12-7-11-42(54(46)58-51)36-20-28-41(29-21-36)55(39-24-16-34(17-25-39)37-22-30-52-47(32-37)44-9-2-4-13-49(44)56-52)40-26-18-35(19-27-40)38-23-31-53-48(33-38)45-10-3-5-14-50(45)57-53/h1-18,20-26,28-33H,19,27H2. The molecule has 0 radical (unpaired) electrons. The quantitative estimate of drug-likeness (QED) is 0.162. The lowest BCUT2D eigenvalue weighted by atomic mass is 9.93. The SMILES string of the molecule is C1=C(c2ccc3sc4ccccc4c3c2)CCC(N(c2ccc(-c3ccc4sc5ccccc5c4c3)cc2)c2ccc(-c3cccc4c3sc3ccccc34)cc2)=C1. The van der Waals surface area contributed by atoms with Gasteiger partial charge in [-0.25, -0.2) is 0 Å². The molecule has 4 heteroatoms. The van der Waals surface area contributed by atoms with Gasteiger partial charge >= 0.3 is 0 Å². The molecule has 11 aromatic rings. The zero-order chi connectivity index (χ0) is 38.2. The molecule has 1 aliphatic rings. The summed E-state index contributed by atoms with van der Waals surface area (Å²) in [5, 5.41) is 8.03. The van der Waals surface area contributed by atoms with Crippen LogP contribution in [0.5, 0.6) is 0 Å². The van der Waals surface area contributed by atoms with Crippen molar-refractivity contribution in [3.63, 3.8) is 0 Å². The summed E-state index contributed by atoms with van der Waals surface area (Å²) in [6, 6.07) is 65.4. The van der Waals surface area contributed by atoms with Crippen LogP contribution in [0.25, 0.3) is 88.3 Å². The summed E-state index contributed by atoms with van der Waals surface area (Å²) in [4.78, 5) is 2.46. The molecule has 58 heavy (non-hydrogen) atoms. The van der Waals surface area contributed by atoms with Crippen molar-refractivity contribution in [2.24, 2.45) is 0 Å². The second-order valence-corrected chi connectivity index (χ2v) is 18.4. The second kappa shape index (κ2) is 13.7. The van der Waals surface area contributed by atoms with Crippen LogP contribution in [0.3, 0.4) is 0 Å². The summed E-state index contributed by atoms with van der Waals surface area (Å²) in [7, 11) is 0. The minimum Gasteiger partial charge on any atom is -0.314 e. The van der Waals surface area contributed by atoms with E-state index in [4.69, 9.17) is 0 Å². The van der Waals surface area contributed by atoms with Crippen LogP contribution in [0.4, 0.5) is 11.4 Å². The van der Waals surface area contributed by atoms with E-state index in [1.807, 2.05) is 34.0 Å². The van der Waals surface area contributed by atoms with Gasteiger partial charge in [-0.3, -0.25) is 0 Å². The summed E-state index contributed by atoms with van der Waals surface area (Å²) in [6.45, 7) is 0. The number of allylic oxidation sites excluding steroid dienone is 4. The molecule has 3 aromatic heterocycles. The van der Waals surface area contributed by atoms with Crippen molar-refractivity contribution in [3.05, 3.63) is 199 Å². The Labute approximate surface area is 348 Å². The van der Waals surface area contributed by atoms with Crippen LogP contribution < -0.4 is 4.90 Å². The Hall–Kier alpha value is -6.30. The molecule has 1 aliphatic carbocycles. The molecule has 0 saturated carbocycles. The van der Waals surface area contributed by atoms with Crippen molar-refractivity contribution in [2.45, 2.75) is 12.8 Å². The third-order valence-corrected chi connectivity index (χ3v) is 15.4. The van der Waals surface area contributed by atoms with Crippen LogP contribution in [-0.4, -0.2) is 0 Å². The van der Waals surface area contributed by atoms with Gasteiger partial charge in [0.05, 0.1) is 0 Å². The lowest BCUT2D eigenvalue weighted by molar-refractivity contribution is 0.930. The van der Waals surface area contributed by atoms with E-state index >= 15 is 0 Å². The van der Waals surface area contributed by atoms with Gasteiger partial charge in [0.1, 0.15) is 0 Å². The Kier molecular flexibility index (Phi) is 7.97. The monoisotopic (exact) mass is 793 g/mol. The normalized spacial score (nSPS) is 13.2. The van der Waals surface area contributed by atoms with Crippen molar-refractivity contribution >= 4 is 111 Å². The molecule has 0 N–H and O–H groups in total. The van der Waals surface area contributed by atoms with Crippen molar-refractivity contribution in [1.29, 1.82) is 0 Å². The third kappa shape index (κ3) is 5.63. The molecule has 0 unspecified atom stereocenters. The van der Waals surface area contributed by atoms with Gasteiger partial charge in [0.15, 0.2) is 0 Å². The van der Waals surface area contributed by atoms with Crippen molar-refractivity contribution in [2.75, 3.05) is 4.90 Å². The smallest absolute Gasteiger partial charge is 0.0458 e. The van der Waals surface area contributed by atoms with Crippen LogP contribution in [-0.2, 0) is 0 Å². The fourth-order valence-corrected chi connectivity index (χ4v) is 12.3. The predicted octanol–water partition coefficient (Wildman–Crippen LogP) is 17.0. The van der Waals surface area contributed by atoms with E-state index in [1.165, 1.54) is 111 Å². The van der Waals surface area contributed by atoms with E-state index in [0.717, 1.165) is 12.8 Å². The molecule has 0 fully saturated rings. The van der Waals surface area contributed by atoms with Crippen molar-refractivity contribution in [3.8, 4) is 22.3 Å². The lowest BCUT2D eigenvalue weighted by Crippen LogP contribution is -2.17. The van der Waals surface area contributed by atoms with Crippen LogP contribution in [0.2, 0.25) is 0 Å². The number of hydrogen-bond acceptors (Lipinski definition) is 4. The van der Waals surface area contributed by atoms with Crippen molar-refractivity contribution in [1.82, 2.24) is 0 Å². The summed E-state index contributed by atoms with van der Waals surface area (Å²) in [5.41, 5.74) is 11.3. The average Bonchev–Trinajstić information content (AvgIpc) is 3.98. The molecule has 3 heterocycles. The Morgan fingerprint density at radius 3 is 1.47 bits per heavy atom. The number of fused-ring (bicyclic) bond motifs is 9. The van der Waals surface area contributed by atoms with E-state index < -0.39 is 0 Å². The maximum atomic E-state index is 2.46. The second-order valence-electron chi connectivity index (χ2n) is 15.2.